The van der Waals surface area contributed by atoms with Crippen LogP contribution in [-0.2, 0) is 32.5 Å². The molecule has 1 fully saturated rings. The van der Waals surface area contributed by atoms with Crippen LogP contribution in [0.25, 0.3) is 0 Å². The molecule has 5 rings (SSSR count). The number of sulfonamides is 1. The van der Waals surface area contributed by atoms with Gasteiger partial charge in [0.05, 0.1) is 17.1 Å². The summed E-state index contributed by atoms with van der Waals surface area (Å²) in [5.41, 5.74) is 2.64. The smallest absolute Gasteiger partial charge is 0.262 e. The van der Waals surface area contributed by atoms with Crippen molar-refractivity contribution in [3.63, 3.8) is 0 Å². The van der Waals surface area contributed by atoms with Gasteiger partial charge in [0.15, 0.2) is 6.10 Å². The SMILES string of the molecule is O=C(NCCc1ccccc1)[C@@H]1CN(C(=O)CCc2ccc(S(=O)(=O)NC3CCCCC3)cc2)c2ccccc2O1. The van der Waals surface area contributed by atoms with E-state index in [0.29, 0.717) is 30.8 Å². The minimum atomic E-state index is -3.57. The molecular weight excluding hydrogens is 538 g/mol. The number of ether oxygens (including phenoxy) is 1. The van der Waals surface area contributed by atoms with Crippen molar-refractivity contribution in [1.29, 1.82) is 0 Å². The number of para-hydroxylation sites is 2. The van der Waals surface area contributed by atoms with Crippen LogP contribution in [0.1, 0.15) is 49.7 Å². The van der Waals surface area contributed by atoms with Crippen LogP contribution in [0.3, 0.4) is 0 Å². The topological polar surface area (TPSA) is 105 Å². The van der Waals surface area contributed by atoms with E-state index in [0.717, 1.165) is 43.2 Å². The molecule has 2 N–H and O–H groups in total. The van der Waals surface area contributed by atoms with Gasteiger partial charge in [-0.25, -0.2) is 13.1 Å². The van der Waals surface area contributed by atoms with Crippen molar-refractivity contribution >= 4 is 27.5 Å². The molecule has 41 heavy (non-hydrogen) atoms. The lowest BCUT2D eigenvalue weighted by atomic mass is 9.96. The Bertz CT molecular complexity index is 1440. The molecule has 2 amide bonds. The van der Waals surface area contributed by atoms with E-state index < -0.39 is 16.1 Å². The molecule has 3 aromatic rings. The fourth-order valence-corrected chi connectivity index (χ4v) is 6.73. The average Bonchev–Trinajstić information content (AvgIpc) is 3.00. The number of benzene rings is 3. The zero-order valence-corrected chi connectivity index (χ0v) is 23.9. The molecule has 0 saturated heterocycles. The maximum absolute atomic E-state index is 13.4. The van der Waals surface area contributed by atoms with Crippen LogP contribution >= 0.6 is 0 Å². The average molecular weight is 576 g/mol. The number of fused-ring (bicyclic) bond motifs is 1. The van der Waals surface area contributed by atoms with Gasteiger partial charge in [-0.1, -0.05) is 73.9 Å². The zero-order valence-electron chi connectivity index (χ0n) is 23.1. The standard InChI is InChI=1S/C32H37N3O5S/c36-31(20-17-25-15-18-27(19-16-25)41(38,39)34-26-11-5-2-6-12-26)35-23-30(40-29-14-8-7-13-28(29)35)32(37)33-22-21-24-9-3-1-4-10-24/h1,3-4,7-10,13-16,18-19,26,30,34H,2,5-6,11-12,17,20-23H2,(H,33,37)/t30-/m0/s1. The number of rotatable bonds is 10. The van der Waals surface area contributed by atoms with Crippen molar-refractivity contribution in [3.8, 4) is 5.75 Å². The Kier molecular flexibility index (Phi) is 9.36. The van der Waals surface area contributed by atoms with Gasteiger partial charge in [-0.2, -0.15) is 0 Å². The van der Waals surface area contributed by atoms with Gasteiger partial charge < -0.3 is 15.0 Å². The highest BCUT2D eigenvalue weighted by Crippen LogP contribution is 2.33. The molecule has 3 aromatic carbocycles. The largest absolute Gasteiger partial charge is 0.477 e. The van der Waals surface area contributed by atoms with E-state index in [-0.39, 0.29) is 35.7 Å². The molecule has 1 heterocycles. The van der Waals surface area contributed by atoms with Crippen molar-refractivity contribution in [2.24, 2.45) is 0 Å². The maximum Gasteiger partial charge on any atom is 0.262 e. The summed E-state index contributed by atoms with van der Waals surface area (Å²) >= 11 is 0. The van der Waals surface area contributed by atoms with Gasteiger partial charge in [-0.05, 0) is 61.1 Å². The number of nitrogens with one attached hydrogen (secondary N) is 2. The molecule has 9 heteroatoms. The zero-order chi connectivity index (χ0) is 28.7. The third-order valence-corrected chi connectivity index (χ3v) is 9.25. The predicted octanol–water partition coefficient (Wildman–Crippen LogP) is 4.38. The van der Waals surface area contributed by atoms with Crippen molar-refractivity contribution in [2.45, 2.75) is 68.4 Å². The Labute approximate surface area is 242 Å². The Morgan fingerprint density at radius 3 is 2.27 bits per heavy atom. The number of nitrogens with zero attached hydrogens (tertiary/aromatic N) is 1. The summed E-state index contributed by atoms with van der Waals surface area (Å²) in [5.74, 6) is 0.112. The summed E-state index contributed by atoms with van der Waals surface area (Å²) in [6, 6.07) is 23.9. The van der Waals surface area contributed by atoms with Crippen molar-refractivity contribution in [1.82, 2.24) is 10.0 Å². The Morgan fingerprint density at radius 1 is 0.829 bits per heavy atom. The maximum atomic E-state index is 13.4. The molecule has 0 radical (unpaired) electrons. The van der Waals surface area contributed by atoms with E-state index >= 15 is 0 Å². The third kappa shape index (κ3) is 7.54. The second-order valence-electron chi connectivity index (χ2n) is 10.7. The van der Waals surface area contributed by atoms with Crippen LogP contribution in [0.4, 0.5) is 5.69 Å². The first kappa shape index (κ1) is 28.8. The van der Waals surface area contributed by atoms with E-state index in [2.05, 4.69) is 10.0 Å². The fraction of sp³-hybridized carbons (Fsp3) is 0.375. The van der Waals surface area contributed by atoms with Crippen LogP contribution in [0.5, 0.6) is 5.75 Å². The quantitative estimate of drug-likeness (QED) is 0.373. The Hall–Kier alpha value is -3.69. The first-order valence-corrected chi connectivity index (χ1v) is 15.9. The molecule has 1 atom stereocenters. The second kappa shape index (κ2) is 13.3. The molecule has 0 aromatic heterocycles. The number of anilines is 1. The van der Waals surface area contributed by atoms with Crippen LogP contribution in [-0.4, -0.2) is 45.5 Å². The first-order valence-electron chi connectivity index (χ1n) is 14.4. The van der Waals surface area contributed by atoms with E-state index in [1.165, 1.54) is 0 Å². The van der Waals surface area contributed by atoms with Crippen LogP contribution < -0.4 is 19.7 Å². The molecular formula is C32H37N3O5S. The molecule has 1 aliphatic heterocycles. The molecule has 1 aliphatic carbocycles. The molecule has 2 aliphatic rings. The highest BCUT2D eigenvalue weighted by molar-refractivity contribution is 7.89. The van der Waals surface area contributed by atoms with Gasteiger partial charge in [0.25, 0.3) is 5.91 Å². The van der Waals surface area contributed by atoms with Gasteiger partial charge in [0.1, 0.15) is 5.75 Å². The lowest BCUT2D eigenvalue weighted by Gasteiger charge is -2.34. The van der Waals surface area contributed by atoms with Gasteiger partial charge in [0, 0.05) is 19.0 Å². The first-order chi connectivity index (χ1) is 19.9. The van der Waals surface area contributed by atoms with Crippen LogP contribution in [0.15, 0.2) is 83.8 Å². The normalized spacial score (nSPS) is 17.4. The lowest BCUT2D eigenvalue weighted by Crippen LogP contribution is -2.51. The molecule has 0 unspecified atom stereocenters. The third-order valence-electron chi connectivity index (χ3n) is 7.71. The van der Waals surface area contributed by atoms with Gasteiger partial charge >= 0.3 is 0 Å². The van der Waals surface area contributed by atoms with Gasteiger partial charge in [-0.15, -0.1) is 0 Å². The highest BCUT2D eigenvalue weighted by Gasteiger charge is 2.33. The molecule has 0 spiro atoms. The highest BCUT2D eigenvalue weighted by atomic mass is 32.2. The number of carbonyl (C=O) groups excluding carboxylic acids is 2. The van der Waals surface area contributed by atoms with E-state index in [1.54, 1.807) is 35.2 Å². The summed E-state index contributed by atoms with van der Waals surface area (Å²) < 4.78 is 34.4. The number of hydrogen-bond acceptors (Lipinski definition) is 5. The number of carbonyl (C=O) groups is 2. The summed E-state index contributed by atoms with van der Waals surface area (Å²) in [6.07, 6.45) is 5.55. The van der Waals surface area contributed by atoms with Crippen LogP contribution in [0.2, 0.25) is 0 Å². The van der Waals surface area contributed by atoms with Crippen molar-refractivity contribution in [2.75, 3.05) is 18.0 Å². The summed E-state index contributed by atoms with van der Waals surface area (Å²) in [7, 11) is -3.57. The lowest BCUT2D eigenvalue weighted by molar-refractivity contribution is -0.128. The molecule has 0 bridgehead atoms. The monoisotopic (exact) mass is 575 g/mol. The van der Waals surface area contributed by atoms with E-state index in [9.17, 15) is 18.0 Å². The molecule has 8 nitrogen and oxygen atoms in total. The molecule has 1 saturated carbocycles. The van der Waals surface area contributed by atoms with E-state index in [4.69, 9.17) is 4.74 Å². The summed E-state index contributed by atoms with van der Waals surface area (Å²) in [4.78, 5) is 28.2. The van der Waals surface area contributed by atoms with E-state index in [1.807, 2.05) is 48.5 Å². The second-order valence-corrected chi connectivity index (χ2v) is 12.4. The predicted molar refractivity (Wildman–Crippen MR) is 158 cm³/mol. The Morgan fingerprint density at radius 2 is 1.51 bits per heavy atom. The van der Waals surface area contributed by atoms with Crippen molar-refractivity contribution in [3.05, 3.63) is 90.0 Å². The Balaban J connectivity index is 1.18. The van der Waals surface area contributed by atoms with Crippen molar-refractivity contribution < 1.29 is 22.7 Å². The minimum Gasteiger partial charge on any atom is -0.477 e. The number of hydrogen-bond donors (Lipinski definition) is 2. The fourth-order valence-electron chi connectivity index (χ4n) is 5.43. The summed E-state index contributed by atoms with van der Waals surface area (Å²) in [5, 5.41) is 2.94. The van der Waals surface area contributed by atoms with Gasteiger partial charge in [0.2, 0.25) is 15.9 Å². The number of amides is 2. The molecule has 216 valence electrons. The number of aryl methyl sites for hydroxylation is 1. The van der Waals surface area contributed by atoms with Crippen LogP contribution in [0, 0.1) is 0 Å². The minimum absolute atomic E-state index is 0.00258. The van der Waals surface area contributed by atoms with Gasteiger partial charge in [-0.3, -0.25) is 9.59 Å². The summed E-state index contributed by atoms with van der Waals surface area (Å²) in [6.45, 7) is 0.594.